The molecule has 3 heteroatoms. The van der Waals surface area contributed by atoms with Crippen LogP contribution in [0.15, 0.2) is 67.3 Å². The van der Waals surface area contributed by atoms with Crippen LogP contribution in [0.1, 0.15) is 22.9 Å². The highest BCUT2D eigenvalue weighted by Gasteiger charge is 2.16. The van der Waals surface area contributed by atoms with Gasteiger partial charge in [0.05, 0.1) is 6.33 Å². The predicted octanol–water partition coefficient (Wildman–Crippen LogP) is 3.18. The van der Waals surface area contributed by atoms with Gasteiger partial charge in [-0.1, -0.05) is 36.4 Å². The van der Waals surface area contributed by atoms with E-state index in [1.54, 1.807) is 6.33 Å². The number of rotatable bonds is 4. The van der Waals surface area contributed by atoms with Crippen molar-refractivity contribution >= 4 is 0 Å². The second-order valence-corrected chi connectivity index (χ2v) is 4.50. The van der Waals surface area contributed by atoms with Gasteiger partial charge in [0.15, 0.2) is 0 Å². The quantitative estimate of drug-likeness (QED) is 0.771. The summed E-state index contributed by atoms with van der Waals surface area (Å²) in [6, 6.07) is 16.5. The monoisotopic (exact) mass is 249 g/mol. The van der Waals surface area contributed by atoms with Crippen LogP contribution >= 0.6 is 0 Å². The standard InChI is InChI=1S/C16H15N3/c1-2-6-13(7-3-1)15(10-14-11-17-12-19-14)16-8-4-5-9-18-16/h1-9,11-12,15H,10H2,(H,17,19)/t15-/m1/s1. The fourth-order valence-electron chi connectivity index (χ4n) is 2.28. The van der Waals surface area contributed by atoms with E-state index in [1.807, 2.05) is 30.6 Å². The number of aromatic nitrogens is 3. The number of nitrogens with zero attached hydrogens (tertiary/aromatic N) is 2. The van der Waals surface area contributed by atoms with Gasteiger partial charge in [0, 0.05) is 36.1 Å². The van der Waals surface area contributed by atoms with Crippen LogP contribution in [-0.2, 0) is 6.42 Å². The van der Waals surface area contributed by atoms with Crippen molar-refractivity contribution in [1.29, 1.82) is 0 Å². The lowest BCUT2D eigenvalue weighted by molar-refractivity contribution is 0.759. The van der Waals surface area contributed by atoms with Crippen molar-refractivity contribution in [1.82, 2.24) is 15.0 Å². The summed E-state index contributed by atoms with van der Waals surface area (Å²) in [5.41, 5.74) is 3.48. The number of H-pyrrole nitrogens is 1. The van der Waals surface area contributed by atoms with Gasteiger partial charge < -0.3 is 4.98 Å². The Kier molecular flexibility index (Phi) is 3.36. The van der Waals surface area contributed by atoms with Gasteiger partial charge in [0.1, 0.15) is 0 Å². The first-order valence-corrected chi connectivity index (χ1v) is 6.36. The average molecular weight is 249 g/mol. The molecule has 3 rings (SSSR count). The van der Waals surface area contributed by atoms with Gasteiger partial charge in [-0.15, -0.1) is 0 Å². The fourth-order valence-corrected chi connectivity index (χ4v) is 2.28. The summed E-state index contributed by atoms with van der Waals surface area (Å²) in [5, 5.41) is 0. The zero-order valence-electron chi connectivity index (χ0n) is 10.5. The second kappa shape index (κ2) is 5.48. The van der Waals surface area contributed by atoms with Gasteiger partial charge in [0.25, 0.3) is 0 Å². The number of hydrogen-bond acceptors (Lipinski definition) is 2. The molecule has 1 N–H and O–H groups in total. The molecule has 3 nitrogen and oxygen atoms in total. The molecule has 2 heterocycles. The number of benzene rings is 1. The molecule has 0 bridgehead atoms. The summed E-state index contributed by atoms with van der Waals surface area (Å²) in [4.78, 5) is 11.8. The number of nitrogens with one attached hydrogen (secondary N) is 1. The lowest BCUT2D eigenvalue weighted by atomic mass is 9.91. The normalized spacial score (nSPS) is 12.2. The maximum Gasteiger partial charge on any atom is 0.0921 e. The summed E-state index contributed by atoms with van der Waals surface area (Å²) in [7, 11) is 0. The summed E-state index contributed by atoms with van der Waals surface area (Å²) >= 11 is 0. The first-order chi connectivity index (χ1) is 9.43. The van der Waals surface area contributed by atoms with E-state index in [-0.39, 0.29) is 5.92 Å². The molecule has 0 unspecified atom stereocenters. The van der Waals surface area contributed by atoms with E-state index < -0.39 is 0 Å². The first-order valence-electron chi connectivity index (χ1n) is 6.36. The minimum absolute atomic E-state index is 0.253. The first kappa shape index (κ1) is 11.7. The van der Waals surface area contributed by atoms with Gasteiger partial charge >= 0.3 is 0 Å². The van der Waals surface area contributed by atoms with Crippen LogP contribution in [0.2, 0.25) is 0 Å². The molecule has 0 amide bonds. The molecule has 0 spiro atoms. The van der Waals surface area contributed by atoms with Gasteiger partial charge in [-0.3, -0.25) is 4.98 Å². The molecule has 0 radical (unpaired) electrons. The minimum Gasteiger partial charge on any atom is -0.348 e. The molecule has 1 atom stereocenters. The van der Waals surface area contributed by atoms with Gasteiger partial charge in [-0.05, 0) is 17.7 Å². The smallest absolute Gasteiger partial charge is 0.0921 e. The maximum atomic E-state index is 4.50. The Balaban J connectivity index is 1.96. The van der Waals surface area contributed by atoms with E-state index in [4.69, 9.17) is 0 Å². The van der Waals surface area contributed by atoms with Crippen LogP contribution in [-0.4, -0.2) is 15.0 Å². The van der Waals surface area contributed by atoms with Gasteiger partial charge in [0.2, 0.25) is 0 Å². The van der Waals surface area contributed by atoms with E-state index in [1.165, 1.54) is 5.56 Å². The van der Waals surface area contributed by atoms with Crippen LogP contribution in [0.5, 0.6) is 0 Å². The van der Waals surface area contributed by atoms with Crippen molar-refractivity contribution in [3.05, 3.63) is 84.2 Å². The minimum atomic E-state index is 0.253. The zero-order valence-corrected chi connectivity index (χ0v) is 10.5. The number of imidazole rings is 1. The highest BCUT2D eigenvalue weighted by atomic mass is 14.9. The van der Waals surface area contributed by atoms with Gasteiger partial charge in [-0.2, -0.15) is 0 Å². The molecule has 0 saturated heterocycles. The molecule has 3 aromatic rings. The topological polar surface area (TPSA) is 41.6 Å². The Morgan fingerprint density at radius 3 is 2.53 bits per heavy atom. The van der Waals surface area contributed by atoms with E-state index in [2.05, 4.69) is 45.3 Å². The highest BCUT2D eigenvalue weighted by Crippen LogP contribution is 2.26. The van der Waals surface area contributed by atoms with Crippen molar-refractivity contribution in [3.8, 4) is 0 Å². The summed E-state index contributed by atoms with van der Waals surface area (Å²) in [6.07, 6.45) is 6.31. The summed E-state index contributed by atoms with van der Waals surface area (Å²) in [5.74, 6) is 0.253. The molecule has 94 valence electrons. The Hall–Kier alpha value is -2.42. The maximum absolute atomic E-state index is 4.50. The van der Waals surface area contributed by atoms with E-state index in [0.29, 0.717) is 0 Å². The molecule has 0 fully saturated rings. The molecule has 1 aromatic carbocycles. The van der Waals surface area contributed by atoms with Crippen molar-refractivity contribution in [2.24, 2.45) is 0 Å². The second-order valence-electron chi connectivity index (χ2n) is 4.50. The molecular weight excluding hydrogens is 234 g/mol. The fraction of sp³-hybridized carbons (Fsp3) is 0.125. The van der Waals surface area contributed by atoms with Crippen LogP contribution < -0.4 is 0 Å². The van der Waals surface area contributed by atoms with Crippen LogP contribution in [0, 0.1) is 0 Å². The number of aromatic amines is 1. The van der Waals surface area contributed by atoms with Gasteiger partial charge in [-0.25, -0.2) is 4.98 Å². The van der Waals surface area contributed by atoms with E-state index in [0.717, 1.165) is 17.8 Å². The lowest BCUT2D eigenvalue weighted by Crippen LogP contribution is -2.07. The third-order valence-corrected chi connectivity index (χ3v) is 3.23. The largest absolute Gasteiger partial charge is 0.348 e. The van der Waals surface area contributed by atoms with Crippen LogP contribution in [0.4, 0.5) is 0 Å². The highest BCUT2D eigenvalue weighted by molar-refractivity contribution is 5.30. The lowest BCUT2D eigenvalue weighted by Gasteiger charge is -2.16. The van der Waals surface area contributed by atoms with Crippen molar-refractivity contribution in [2.45, 2.75) is 12.3 Å². The number of pyridine rings is 1. The van der Waals surface area contributed by atoms with Crippen LogP contribution in [0.25, 0.3) is 0 Å². The molecule has 0 aliphatic heterocycles. The Bertz CT molecular complexity index is 564. The Morgan fingerprint density at radius 1 is 1.00 bits per heavy atom. The molecule has 19 heavy (non-hydrogen) atoms. The Morgan fingerprint density at radius 2 is 1.84 bits per heavy atom. The summed E-state index contributed by atoms with van der Waals surface area (Å²) in [6.45, 7) is 0. The van der Waals surface area contributed by atoms with Crippen molar-refractivity contribution in [2.75, 3.05) is 0 Å². The zero-order chi connectivity index (χ0) is 12.9. The van der Waals surface area contributed by atoms with E-state index in [9.17, 15) is 0 Å². The molecule has 0 aliphatic rings. The number of hydrogen-bond donors (Lipinski definition) is 1. The average Bonchev–Trinajstić information content (AvgIpc) is 3.00. The third kappa shape index (κ3) is 2.71. The molecule has 0 aliphatic carbocycles. The SMILES string of the molecule is c1ccc([C@@H](Cc2cnc[nH]2)c2ccccn2)cc1. The predicted molar refractivity (Wildman–Crippen MR) is 74.8 cm³/mol. The van der Waals surface area contributed by atoms with E-state index >= 15 is 0 Å². The summed E-state index contributed by atoms with van der Waals surface area (Å²) < 4.78 is 0. The van der Waals surface area contributed by atoms with Crippen LogP contribution in [0.3, 0.4) is 0 Å². The molecule has 0 saturated carbocycles. The molecule has 2 aromatic heterocycles. The Labute approximate surface area is 112 Å². The molecular formula is C16H15N3. The third-order valence-electron chi connectivity index (χ3n) is 3.23. The van der Waals surface area contributed by atoms with Crippen molar-refractivity contribution in [3.63, 3.8) is 0 Å². The van der Waals surface area contributed by atoms with Crippen molar-refractivity contribution < 1.29 is 0 Å².